The molecule has 1 rings (SSSR count). The lowest BCUT2D eigenvalue weighted by atomic mass is 10.1. The summed E-state index contributed by atoms with van der Waals surface area (Å²) in [5.74, 6) is 0. The summed E-state index contributed by atoms with van der Waals surface area (Å²) >= 11 is 1.94. The summed E-state index contributed by atoms with van der Waals surface area (Å²) in [6.07, 6.45) is 7.02. The summed E-state index contributed by atoms with van der Waals surface area (Å²) < 4.78 is 0. The van der Waals surface area contributed by atoms with Crippen LogP contribution in [0.15, 0.2) is 47.4 Å². The highest BCUT2D eigenvalue weighted by Gasteiger charge is 2.20. The standard InChI is InChI=1S/C12H16S/c1-5-7-9(3)12-11(6-2)8-10(4)13-12/h5-7,10H,1-2,8H2,3-4H3/b9-7-. The molecule has 1 atom stereocenters. The molecule has 1 unspecified atom stereocenters. The third kappa shape index (κ3) is 2.38. The SMILES string of the molecule is C=C/C=C(/C)C1=C(C=C)CC(C)S1. The Labute approximate surface area is 85.1 Å². The van der Waals surface area contributed by atoms with Crippen LogP contribution in [0.2, 0.25) is 0 Å². The first kappa shape index (κ1) is 10.4. The molecular formula is C12H16S. The Morgan fingerprint density at radius 3 is 2.77 bits per heavy atom. The van der Waals surface area contributed by atoms with Crippen LogP contribution in [-0.4, -0.2) is 5.25 Å². The van der Waals surface area contributed by atoms with Crippen LogP contribution in [0.3, 0.4) is 0 Å². The number of allylic oxidation sites excluding steroid dienone is 5. The molecule has 0 aromatic heterocycles. The Morgan fingerprint density at radius 1 is 1.54 bits per heavy atom. The Bertz CT molecular complexity index is 281. The van der Waals surface area contributed by atoms with Crippen LogP contribution in [0.4, 0.5) is 0 Å². The molecular weight excluding hydrogens is 176 g/mol. The van der Waals surface area contributed by atoms with Gasteiger partial charge >= 0.3 is 0 Å². The number of hydrogen-bond donors (Lipinski definition) is 0. The van der Waals surface area contributed by atoms with E-state index in [0.717, 1.165) is 6.42 Å². The normalized spacial score (nSPS) is 23.5. The van der Waals surface area contributed by atoms with Gasteiger partial charge in [0.2, 0.25) is 0 Å². The van der Waals surface area contributed by atoms with Crippen molar-refractivity contribution in [3.05, 3.63) is 47.4 Å². The lowest BCUT2D eigenvalue weighted by Crippen LogP contribution is -1.86. The van der Waals surface area contributed by atoms with E-state index in [0.29, 0.717) is 5.25 Å². The molecule has 1 aliphatic heterocycles. The van der Waals surface area contributed by atoms with E-state index in [9.17, 15) is 0 Å². The molecule has 1 heteroatoms. The average molecular weight is 192 g/mol. The Morgan fingerprint density at radius 2 is 2.23 bits per heavy atom. The fourth-order valence-corrected chi connectivity index (χ4v) is 2.73. The fraction of sp³-hybridized carbons (Fsp3) is 0.333. The van der Waals surface area contributed by atoms with Crippen LogP contribution in [-0.2, 0) is 0 Å². The second kappa shape index (κ2) is 4.52. The first-order valence-corrected chi connectivity index (χ1v) is 5.39. The molecule has 0 aromatic rings. The smallest absolute Gasteiger partial charge is 0.0136 e. The van der Waals surface area contributed by atoms with Crippen LogP contribution < -0.4 is 0 Å². The highest BCUT2D eigenvalue weighted by molar-refractivity contribution is 8.04. The maximum absolute atomic E-state index is 3.85. The lowest BCUT2D eigenvalue weighted by Gasteiger charge is -2.03. The molecule has 13 heavy (non-hydrogen) atoms. The van der Waals surface area contributed by atoms with Crippen molar-refractivity contribution in [2.24, 2.45) is 0 Å². The first-order chi connectivity index (χ1) is 6.19. The third-order valence-electron chi connectivity index (χ3n) is 2.09. The van der Waals surface area contributed by atoms with Crippen molar-refractivity contribution < 1.29 is 0 Å². The predicted molar refractivity (Wildman–Crippen MR) is 62.8 cm³/mol. The van der Waals surface area contributed by atoms with Crippen molar-refractivity contribution in [1.82, 2.24) is 0 Å². The third-order valence-corrected chi connectivity index (χ3v) is 3.48. The minimum atomic E-state index is 0.691. The lowest BCUT2D eigenvalue weighted by molar-refractivity contribution is 0.969. The van der Waals surface area contributed by atoms with Gasteiger partial charge < -0.3 is 0 Å². The average Bonchev–Trinajstić information content (AvgIpc) is 2.47. The largest absolute Gasteiger partial charge is 0.122 e. The minimum absolute atomic E-state index is 0.691. The molecule has 70 valence electrons. The zero-order valence-electron chi connectivity index (χ0n) is 8.34. The molecule has 0 saturated heterocycles. The summed E-state index contributed by atoms with van der Waals surface area (Å²) in [5, 5.41) is 0.691. The van der Waals surface area contributed by atoms with Gasteiger partial charge in [-0.3, -0.25) is 0 Å². The molecule has 0 bridgehead atoms. The molecule has 1 heterocycles. The van der Waals surface area contributed by atoms with Crippen LogP contribution in [0.25, 0.3) is 0 Å². The molecule has 0 aromatic carbocycles. The van der Waals surface area contributed by atoms with Gasteiger partial charge in [-0.2, -0.15) is 0 Å². The molecule has 0 fully saturated rings. The molecule has 0 saturated carbocycles. The number of hydrogen-bond acceptors (Lipinski definition) is 1. The monoisotopic (exact) mass is 192 g/mol. The van der Waals surface area contributed by atoms with E-state index < -0.39 is 0 Å². The summed E-state index contributed by atoms with van der Waals surface area (Å²) in [6, 6.07) is 0. The highest BCUT2D eigenvalue weighted by atomic mass is 32.2. The zero-order valence-corrected chi connectivity index (χ0v) is 9.16. The second-order valence-corrected chi connectivity index (χ2v) is 4.73. The van der Waals surface area contributed by atoms with Gasteiger partial charge in [0, 0.05) is 10.2 Å². The van der Waals surface area contributed by atoms with Crippen molar-refractivity contribution in [2.45, 2.75) is 25.5 Å². The van der Waals surface area contributed by atoms with Gasteiger partial charge in [-0.05, 0) is 24.5 Å². The van der Waals surface area contributed by atoms with E-state index >= 15 is 0 Å². The summed E-state index contributed by atoms with van der Waals surface area (Å²) in [6.45, 7) is 11.9. The summed E-state index contributed by atoms with van der Waals surface area (Å²) in [7, 11) is 0. The van der Waals surface area contributed by atoms with Crippen LogP contribution in [0.1, 0.15) is 20.3 Å². The van der Waals surface area contributed by atoms with Crippen molar-refractivity contribution in [3.63, 3.8) is 0 Å². The van der Waals surface area contributed by atoms with Gasteiger partial charge in [0.25, 0.3) is 0 Å². The van der Waals surface area contributed by atoms with Crippen molar-refractivity contribution in [3.8, 4) is 0 Å². The van der Waals surface area contributed by atoms with Crippen LogP contribution in [0, 0.1) is 0 Å². The molecule has 1 aliphatic rings. The zero-order chi connectivity index (χ0) is 9.84. The van der Waals surface area contributed by atoms with E-state index in [1.165, 1.54) is 16.1 Å². The van der Waals surface area contributed by atoms with Crippen molar-refractivity contribution in [2.75, 3.05) is 0 Å². The predicted octanol–water partition coefficient (Wildman–Crippen LogP) is 4.08. The maximum atomic E-state index is 3.85. The van der Waals surface area contributed by atoms with E-state index in [4.69, 9.17) is 0 Å². The topological polar surface area (TPSA) is 0 Å². The highest BCUT2D eigenvalue weighted by Crippen LogP contribution is 2.41. The molecule has 0 spiro atoms. The Kier molecular flexibility index (Phi) is 3.61. The minimum Gasteiger partial charge on any atom is -0.122 e. The molecule has 0 N–H and O–H groups in total. The van der Waals surface area contributed by atoms with Crippen molar-refractivity contribution >= 4 is 11.8 Å². The molecule has 0 nitrogen and oxygen atoms in total. The Hall–Kier alpha value is -0.690. The van der Waals surface area contributed by atoms with Gasteiger partial charge in [-0.25, -0.2) is 0 Å². The number of thioether (sulfide) groups is 1. The Balaban J connectivity index is 2.94. The second-order valence-electron chi connectivity index (χ2n) is 3.28. The summed E-state index contributed by atoms with van der Waals surface area (Å²) in [4.78, 5) is 1.39. The molecule has 0 aliphatic carbocycles. The van der Waals surface area contributed by atoms with E-state index in [1.807, 2.05) is 23.9 Å². The van der Waals surface area contributed by atoms with Gasteiger partial charge in [0.05, 0.1) is 0 Å². The van der Waals surface area contributed by atoms with Crippen molar-refractivity contribution in [1.29, 1.82) is 0 Å². The number of rotatable bonds is 3. The first-order valence-electron chi connectivity index (χ1n) is 4.51. The van der Waals surface area contributed by atoms with E-state index in [-0.39, 0.29) is 0 Å². The molecule has 0 radical (unpaired) electrons. The quantitative estimate of drug-likeness (QED) is 0.607. The van der Waals surface area contributed by atoms with Crippen LogP contribution in [0.5, 0.6) is 0 Å². The maximum Gasteiger partial charge on any atom is 0.0136 e. The van der Waals surface area contributed by atoms with Gasteiger partial charge in [0.1, 0.15) is 0 Å². The van der Waals surface area contributed by atoms with Gasteiger partial charge in [-0.15, -0.1) is 11.8 Å². The van der Waals surface area contributed by atoms with Gasteiger partial charge in [0.15, 0.2) is 0 Å². The van der Waals surface area contributed by atoms with E-state index in [1.54, 1.807) is 0 Å². The molecule has 0 amide bonds. The van der Waals surface area contributed by atoms with Crippen LogP contribution >= 0.6 is 11.8 Å². The van der Waals surface area contributed by atoms with Gasteiger partial charge in [-0.1, -0.05) is 38.3 Å². The fourth-order valence-electron chi connectivity index (χ4n) is 1.50. The van der Waals surface area contributed by atoms with E-state index in [2.05, 4.69) is 33.1 Å². The summed E-state index contributed by atoms with van der Waals surface area (Å²) in [5.41, 5.74) is 2.69.